The molecule has 1 aliphatic rings. The largest absolute Gasteiger partial charge is 0.395 e. The molecule has 1 heterocycles. The van der Waals surface area contributed by atoms with Gasteiger partial charge in [0.2, 0.25) is 0 Å². The summed E-state index contributed by atoms with van der Waals surface area (Å²) >= 11 is 0. The Morgan fingerprint density at radius 3 is 2.69 bits per heavy atom. The molecule has 0 bridgehead atoms. The lowest BCUT2D eigenvalue weighted by Gasteiger charge is -2.28. The Labute approximate surface area is 96.6 Å². The summed E-state index contributed by atoms with van der Waals surface area (Å²) in [5.41, 5.74) is 5.50. The van der Waals surface area contributed by atoms with Gasteiger partial charge in [-0.05, 0) is 26.7 Å². The summed E-state index contributed by atoms with van der Waals surface area (Å²) in [6, 6.07) is 0.0835. The third-order valence-corrected chi connectivity index (χ3v) is 2.89. The van der Waals surface area contributed by atoms with Crippen LogP contribution in [-0.2, 0) is 9.53 Å². The standard InChI is InChI=1S/C11H22N2O3/c1-8(2)13(5-6-14)11(15)10-4-3-9(7-12)16-10/h8-10,14H,3-7,12H2,1-2H3. The van der Waals surface area contributed by atoms with Crippen LogP contribution in [0.4, 0.5) is 0 Å². The Kier molecular flexibility index (Phi) is 5.18. The molecule has 0 aliphatic carbocycles. The zero-order valence-electron chi connectivity index (χ0n) is 10.1. The van der Waals surface area contributed by atoms with Crippen LogP contribution in [0.2, 0.25) is 0 Å². The molecule has 3 N–H and O–H groups in total. The highest BCUT2D eigenvalue weighted by atomic mass is 16.5. The number of hydrogen-bond acceptors (Lipinski definition) is 4. The monoisotopic (exact) mass is 230 g/mol. The zero-order valence-corrected chi connectivity index (χ0v) is 10.1. The SMILES string of the molecule is CC(C)N(CCO)C(=O)C1CCC(CN)O1. The summed E-state index contributed by atoms with van der Waals surface area (Å²) in [7, 11) is 0. The number of nitrogens with zero attached hydrogens (tertiary/aromatic N) is 1. The van der Waals surface area contributed by atoms with E-state index in [2.05, 4.69) is 0 Å². The Morgan fingerprint density at radius 2 is 2.25 bits per heavy atom. The lowest BCUT2D eigenvalue weighted by Crippen LogP contribution is -2.45. The van der Waals surface area contributed by atoms with Crippen LogP contribution in [0.15, 0.2) is 0 Å². The zero-order chi connectivity index (χ0) is 12.1. The third kappa shape index (κ3) is 3.17. The fourth-order valence-electron chi connectivity index (χ4n) is 1.98. The van der Waals surface area contributed by atoms with E-state index in [9.17, 15) is 4.79 Å². The van der Waals surface area contributed by atoms with Crippen LogP contribution < -0.4 is 5.73 Å². The van der Waals surface area contributed by atoms with E-state index in [0.29, 0.717) is 13.1 Å². The van der Waals surface area contributed by atoms with Gasteiger partial charge in [-0.25, -0.2) is 0 Å². The van der Waals surface area contributed by atoms with Crippen molar-refractivity contribution < 1.29 is 14.6 Å². The molecule has 1 fully saturated rings. The van der Waals surface area contributed by atoms with Gasteiger partial charge in [-0.1, -0.05) is 0 Å². The molecule has 0 spiro atoms. The molecule has 5 heteroatoms. The average molecular weight is 230 g/mol. The van der Waals surface area contributed by atoms with Gasteiger partial charge in [0.15, 0.2) is 0 Å². The molecule has 2 atom stereocenters. The molecule has 0 aromatic heterocycles. The molecule has 0 saturated carbocycles. The third-order valence-electron chi connectivity index (χ3n) is 2.89. The highest BCUT2D eigenvalue weighted by Crippen LogP contribution is 2.21. The van der Waals surface area contributed by atoms with E-state index in [1.54, 1.807) is 4.90 Å². The van der Waals surface area contributed by atoms with Gasteiger partial charge >= 0.3 is 0 Å². The maximum Gasteiger partial charge on any atom is 0.252 e. The van der Waals surface area contributed by atoms with Crippen molar-refractivity contribution >= 4 is 5.91 Å². The van der Waals surface area contributed by atoms with Crippen LogP contribution in [0.5, 0.6) is 0 Å². The van der Waals surface area contributed by atoms with Crippen molar-refractivity contribution in [3.05, 3.63) is 0 Å². The van der Waals surface area contributed by atoms with E-state index in [0.717, 1.165) is 12.8 Å². The van der Waals surface area contributed by atoms with Gasteiger partial charge in [0, 0.05) is 19.1 Å². The Morgan fingerprint density at radius 1 is 1.56 bits per heavy atom. The van der Waals surface area contributed by atoms with E-state index in [1.807, 2.05) is 13.8 Å². The second kappa shape index (κ2) is 6.18. The normalized spacial score (nSPS) is 25.1. The molecule has 1 rings (SSSR count). The number of carbonyl (C=O) groups is 1. The van der Waals surface area contributed by atoms with Gasteiger partial charge in [-0.3, -0.25) is 4.79 Å². The van der Waals surface area contributed by atoms with Crippen molar-refractivity contribution in [2.24, 2.45) is 5.73 Å². The molecular weight excluding hydrogens is 208 g/mol. The first-order valence-corrected chi connectivity index (χ1v) is 5.87. The van der Waals surface area contributed by atoms with Crippen molar-refractivity contribution in [2.45, 2.75) is 44.9 Å². The number of aliphatic hydroxyl groups excluding tert-OH is 1. The summed E-state index contributed by atoms with van der Waals surface area (Å²) < 4.78 is 5.55. The number of rotatable bonds is 5. The first-order valence-electron chi connectivity index (χ1n) is 5.87. The minimum atomic E-state index is -0.373. The average Bonchev–Trinajstić information content (AvgIpc) is 2.73. The van der Waals surface area contributed by atoms with Crippen LogP contribution in [0.3, 0.4) is 0 Å². The lowest BCUT2D eigenvalue weighted by atomic mass is 10.1. The predicted molar refractivity (Wildman–Crippen MR) is 60.9 cm³/mol. The van der Waals surface area contributed by atoms with Gasteiger partial charge in [0.05, 0.1) is 12.7 Å². The second-order valence-electron chi connectivity index (χ2n) is 4.41. The van der Waals surface area contributed by atoms with Crippen molar-refractivity contribution in [3.63, 3.8) is 0 Å². The summed E-state index contributed by atoms with van der Waals surface area (Å²) in [6.07, 6.45) is 1.22. The van der Waals surface area contributed by atoms with Gasteiger partial charge < -0.3 is 20.5 Å². The molecular formula is C11H22N2O3. The first-order chi connectivity index (χ1) is 7.60. The minimum Gasteiger partial charge on any atom is -0.395 e. The maximum atomic E-state index is 12.1. The number of amides is 1. The first kappa shape index (κ1) is 13.4. The summed E-state index contributed by atoms with van der Waals surface area (Å²) in [6.45, 7) is 4.68. The fraction of sp³-hybridized carbons (Fsp3) is 0.909. The topological polar surface area (TPSA) is 75.8 Å². The van der Waals surface area contributed by atoms with Crippen molar-refractivity contribution in [1.82, 2.24) is 4.90 Å². The van der Waals surface area contributed by atoms with Crippen LogP contribution in [-0.4, -0.2) is 53.9 Å². The molecule has 0 radical (unpaired) electrons. The molecule has 1 saturated heterocycles. The highest BCUT2D eigenvalue weighted by Gasteiger charge is 2.33. The van der Waals surface area contributed by atoms with Crippen molar-refractivity contribution in [3.8, 4) is 0 Å². The van der Waals surface area contributed by atoms with Crippen LogP contribution in [0, 0.1) is 0 Å². The number of aliphatic hydroxyl groups is 1. The summed E-state index contributed by atoms with van der Waals surface area (Å²) in [5, 5.41) is 8.92. The lowest BCUT2D eigenvalue weighted by molar-refractivity contribution is -0.145. The van der Waals surface area contributed by atoms with Crippen LogP contribution in [0.1, 0.15) is 26.7 Å². The van der Waals surface area contributed by atoms with E-state index in [1.165, 1.54) is 0 Å². The molecule has 2 unspecified atom stereocenters. The maximum absolute atomic E-state index is 12.1. The second-order valence-corrected chi connectivity index (χ2v) is 4.41. The van der Waals surface area contributed by atoms with Crippen LogP contribution >= 0.6 is 0 Å². The van der Waals surface area contributed by atoms with Gasteiger partial charge in [0.25, 0.3) is 5.91 Å². The molecule has 1 amide bonds. The quantitative estimate of drug-likeness (QED) is 0.681. The Balaban J connectivity index is 2.54. The van der Waals surface area contributed by atoms with E-state index in [4.69, 9.17) is 15.6 Å². The van der Waals surface area contributed by atoms with E-state index < -0.39 is 0 Å². The predicted octanol–water partition coefficient (Wildman–Crippen LogP) is -0.278. The van der Waals surface area contributed by atoms with Crippen molar-refractivity contribution in [1.29, 1.82) is 0 Å². The summed E-state index contributed by atoms with van der Waals surface area (Å²) in [4.78, 5) is 13.7. The molecule has 16 heavy (non-hydrogen) atoms. The van der Waals surface area contributed by atoms with E-state index >= 15 is 0 Å². The number of hydrogen-bond donors (Lipinski definition) is 2. The minimum absolute atomic E-state index is 0.0112. The molecule has 94 valence electrons. The molecule has 1 aliphatic heterocycles. The summed E-state index contributed by atoms with van der Waals surface area (Å²) in [5.74, 6) is -0.0278. The number of carbonyl (C=O) groups excluding carboxylic acids is 1. The molecule has 0 aromatic carbocycles. The van der Waals surface area contributed by atoms with Crippen LogP contribution in [0.25, 0.3) is 0 Å². The smallest absolute Gasteiger partial charge is 0.252 e. The van der Waals surface area contributed by atoms with Gasteiger partial charge in [0.1, 0.15) is 6.10 Å². The number of ether oxygens (including phenoxy) is 1. The fourth-order valence-corrected chi connectivity index (χ4v) is 1.98. The number of nitrogens with two attached hydrogens (primary N) is 1. The Bertz CT molecular complexity index is 233. The molecule has 0 aromatic rings. The van der Waals surface area contributed by atoms with Gasteiger partial charge in [-0.15, -0.1) is 0 Å². The Hall–Kier alpha value is -0.650. The van der Waals surface area contributed by atoms with Gasteiger partial charge in [-0.2, -0.15) is 0 Å². The van der Waals surface area contributed by atoms with E-state index in [-0.39, 0.29) is 30.8 Å². The van der Waals surface area contributed by atoms with Crippen molar-refractivity contribution in [2.75, 3.05) is 19.7 Å². The highest BCUT2D eigenvalue weighted by molar-refractivity contribution is 5.81. The molecule has 5 nitrogen and oxygen atoms in total.